The maximum absolute atomic E-state index is 12.5. The lowest BCUT2D eigenvalue weighted by atomic mass is 10.1. The van der Waals surface area contributed by atoms with Gasteiger partial charge in [-0.05, 0) is 37.3 Å². The van der Waals surface area contributed by atoms with E-state index < -0.39 is 10.8 Å². The summed E-state index contributed by atoms with van der Waals surface area (Å²) in [4.78, 5) is 23.0. The topological polar surface area (TPSA) is 115 Å². The summed E-state index contributed by atoms with van der Waals surface area (Å²) in [6.45, 7) is 1.40. The average molecular weight is 382 g/mol. The van der Waals surface area contributed by atoms with Crippen LogP contribution in [0, 0.1) is 17.0 Å². The number of hydrogen-bond acceptors (Lipinski definition) is 6. The van der Waals surface area contributed by atoms with Gasteiger partial charge in [-0.3, -0.25) is 14.9 Å². The Morgan fingerprint density at radius 1 is 1.21 bits per heavy atom. The van der Waals surface area contributed by atoms with Crippen molar-refractivity contribution in [1.82, 2.24) is 0 Å². The number of furan rings is 1. The van der Waals surface area contributed by atoms with Crippen LogP contribution < -0.4 is 10.1 Å². The van der Waals surface area contributed by atoms with Crippen molar-refractivity contribution in [3.8, 4) is 17.1 Å². The van der Waals surface area contributed by atoms with Gasteiger partial charge in [0.05, 0.1) is 17.6 Å². The van der Waals surface area contributed by atoms with Gasteiger partial charge in [0.2, 0.25) is 0 Å². The van der Waals surface area contributed by atoms with Crippen LogP contribution in [0.2, 0.25) is 0 Å². The minimum atomic E-state index is -0.520. The maximum atomic E-state index is 12.5. The number of nitro benzene ring substituents is 1. The number of aliphatic hydroxyl groups excluding tert-OH is 1. The molecular weight excluding hydrogens is 364 g/mol. The van der Waals surface area contributed by atoms with Crippen molar-refractivity contribution in [3.63, 3.8) is 0 Å². The number of nitro groups is 1. The van der Waals surface area contributed by atoms with Crippen LogP contribution in [0.15, 0.2) is 52.9 Å². The molecule has 0 saturated carbocycles. The van der Waals surface area contributed by atoms with Gasteiger partial charge in [0, 0.05) is 28.9 Å². The highest BCUT2D eigenvalue weighted by atomic mass is 16.6. The fourth-order valence-corrected chi connectivity index (χ4v) is 2.73. The second-order valence-corrected chi connectivity index (χ2v) is 6.05. The molecule has 3 rings (SSSR count). The molecule has 0 spiro atoms. The van der Waals surface area contributed by atoms with Crippen LogP contribution in [-0.4, -0.2) is 23.0 Å². The van der Waals surface area contributed by atoms with Crippen LogP contribution in [0.3, 0.4) is 0 Å². The minimum absolute atomic E-state index is 0.113. The third-order valence-electron chi connectivity index (χ3n) is 4.21. The van der Waals surface area contributed by atoms with E-state index in [0.29, 0.717) is 34.1 Å². The minimum Gasteiger partial charge on any atom is -0.496 e. The van der Waals surface area contributed by atoms with Crippen LogP contribution in [0.25, 0.3) is 11.3 Å². The van der Waals surface area contributed by atoms with Gasteiger partial charge < -0.3 is 19.6 Å². The van der Waals surface area contributed by atoms with Crippen LogP contribution in [0.4, 0.5) is 11.4 Å². The van der Waals surface area contributed by atoms with Crippen LogP contribution in [0.5, 0.6) is 5.75 Å². The average Bonchev–Trinajstić information content (AvgIpc) is 3.17. The van der Waals surface area contributed by atoms with E-state index in [1.54, 1.807) is 37.3 Å². The SMILES string of the molecule is COc1cc(NC(=O)c2ccc(C)c([N+](=O)[O-])c2)ccc1-c1ccc(CO)o1. The van der Waals surface area contributed by atoms with Crippen LogP contribution in [0.1, 0.15) is 21.7 Å². The largest absolute Gasteiger partial charge is 0.496 e. The molecule has 28 heavy (non-hydrogen) atoms. The number of amides is 1. The lowest BCUT2D eigenvalue weighted by Crippen LogP contribution is -2.12. The number of aryl methyl sites for hydroxylation is 1. The molecular formula is C20H18N2O6. The predicted molar refractivity (Wildman–Crippen MR) is 102 cm³/mol. The van der Waals surface area contributed by atoms with Crippen molar-refractivity contribution in [2.75, 3.05) is 12.4 Å². The highest BCUT2D eigenvalue weighted by Gasteiger charge is 2.16. The molecule has 8 nitrogen and oxygen atoms in total. The number of rotatable bonds is 6. The summed E-state index contributed by atoms with van der Waals surface area (Å²) in [7, 11) is 1.49. The molecule has 0 aliphatic carbocycles. The molecule has 0 aliphatic heterocycles. The monoisotopic (exact) mass is 382 g/mol. The molecule has 0 unspecified atom stereocenters. The number of nitrogens with one attached hydrogen (secondary N) is 1. The molecule has 1 aromatic heterocycles. The Hall–Kier alpha value is -3.65. The summed E-state index contributed by atoms with van der Waals surface area (Å²) in [6, 6.07) is 12.7. The Morgan fingerprint density at radius 3 is 2.64 bits per heavy atom. The zero-order chi connectivity index (χ0) is 20.3. The van der Waals surface area contributed by atoms with Gasteiger partial charge in [-0.15, -0.1) is 0 Å². The number of methoxy groups -OCH3 is 1. The number of anilines is 1. The molecule has 144 valence electrons. The second-order valence-electron chi connectivity index (χ2n) is 6.05. The van der Waals surface area contributed by atoms with Gasteiger partial charge in [0.15, 0.2) is 0 Å². The Kier molecular flexibility index (Phi) is 5.42. The van der Waals surface area contributed by atoms with Crippen molar-refractivity contribution in [2.24, 2.45) is 0 Å². The Morgan fingerprint density at radius 2 is 2.00 bits per heavy atom. The van der Waals surface area contributed by atoms with Crippen molar-refractivity contribution in [1.29, 1.82) is 0 Å². The van der Waals surface area contributed by atoms with Gasteiger partial charge in [-0.2, -0.15) is 0 Å². The lowest BCUT2D eigenvalue weighted by molar-refractivity contribution is -0.385. The van der Waals surface area contributed by atoms with E-state index in [-0.39, 0.29) is 17.9 Å². The van der Waals surface area contributed by atoms with Crippen LogP contribution >= 0.6 is 0 Å². The molecule has 0 atom stereocenters. The molecule has 2 N–H and O–H groups in total. The maximum Gasteiger partial charge on any atom is 0.273 e. The number of ether oxygens (including phenoxy) is 1. The first-order chi connectivity index (χ1) is 13.4. The van der Waals surface area contributed by atoms with Crippen molar-refractivity contribution >= 4 is 17.3 Å². The number of aliphatic hydroxyl groups is 1. The number of hydrogen-bond donors (Lipinski definition) is 2. The first kappa shape index (κ1) is 19.1. The molecule has 0 fully saturated rings. The summed E-state index contributed by atoms with van der Waals surface area (Å²) in [6.07, 6.45) is 0. The summed E-state index contributed by atoms with van der Waals surface area (Å²) in [5.41, 5.74) is 1.67. The summed E-state index contributed by atoms with van der Waals surface area (Å²) in [5.74, 6) is 0.938. The third-order valence-corrected chi connectivity index (χ3v) is 4.21. The fraction of sp³-hybridized carbons (Fsp3) is 0.150. The first-order valence-electron chi connectivity index (χ1n) is 8.37. The number of carbonyl (C=O) groups excluding carboxylic acids is 1. The van der Waals surface area contributed by atoms with E-state index in [4.69, 9.17) is 14.3 Å². The molecule has 1 heterocycles. The summed E-state index contributed by atoms with van der Waals surface area (Å²) in [5, 5.41) is 22.9. The predicted octanol–water partition coefficient (Wildman–Crippen LogP) is 3.92. The zero-order valence-corrected chi connectivity index (χ0v) is 15.3. The van der Waals surface area contributed by atoms with E-state index in [1.807, 2.05) is 0 Å². The Labute approximate surface area is 160 Å². The molecule has 0 bridgehead atoms. The fourth-order valence-electron chi connectivity index (χ4n) is 2.73. The van der Waals surface area contributed by atoms with E-state index in [1.165, 1.54) is 25.3 Å². The molecule has 0 saturated heterocycles. The van der Waals surface area contributed by atoms with E-state index in [2.05, 4.69) is 5.32 Å². The van der Waals surface area contributed by atoms with E-state index >= 15 is 0 Å². The highest BCUT2D eigenvalue weighted by Crippen LogP contribution is 2.34. The molecule has 8 heteroatoms. The number of carbonyl (C=O) groups is 1. The second kappa shape index (κ2) is 7.93. The van der Waals surface area contributed by atoms with Gasteiger partial charge in [0.1, 0.15) is 23.9 Å². The normalized spacial score (nSPS) is 10.5. The molecule has 2 aromatic carbocycles. The van der Waals surface area contributed by atoms with Gasteiger partial charge in [0.25, 0.3) is 11.6 Å². The van der Waals surface area contributed by atoms with Crippen molar-refractivity contribution < 1.29 is 24.0 Å². The van der Waals surface area contributed by atoms with Gasteiger partial charge in [-0.1, -0.05) is 6.07 Å². The standard InChI is InChI=1S/C20H18N2O6/c1-12-3-4-13(9-17(12)22(25)26)20(24)21-14-5-7-16(19(10-14)27-2)18-8-6-15(11-23)28-18/h3-10,23H,11H2,1-2H3,(H,21,24). The van der Waals surface area contributed by atoms with Crippen LogP contribution in [-0.2, 0) is 6.61 Å². The van der Waals surface area contributed by atoms with Gasteiger partial charge in [-0.25, -0.2) is 0 Å². The van der Waals surface area contributed by atoms with E-state index in [0.717, 1.165) is 0 Å². The highest BCUT2D eigenvalue weighted by molar-refractivity contribution is 6.05. The number of nitrogens with zero attached hydrogens (tertiary/aromatic N) is 1. The third kappa shape index (κ3) is 3.86. The molecule has 3 aromatic rings. The quantitative estimate of drug-likeness (QED) is 0.493. The molecule has 1 amide bonds. The first-order valence-corrected chi connectivity index (χ1v) is 8.37. The lowest BCUT2D eigenvalue weighted by Gasteiger charge is -2.11. The van der Waals surface area contributed by atoms with Gasteiger partial charge >= 0.3 is 0 Å². The Bertz CT molecular complexity index is 1040. The van der Waals surface area contributed by atoms with Crippen molar-refractivity contribution in [2.45, 2.75) is 13.5 Å². The zero-order valence-electron chi connectivity index (χ0n) is 15.3. The number of benzene rings is 2. The van der Waals surface area contributed by atoms with E-state index in [9.17, 15) is 14.9 Å². The summed E-state index contributed by atoms with van der Waals surface area (Å²) < 4.78 is 10.9. The Balaban J connectivity index is 1.85. The molecule has 0 aliphatic rings. The summed E-state index contributed by atoms with van der Waals surface area (Å²) >= 11 is 0. The smallest absolute Gasteiger partial charge is 0.273 e. The van der Waals surface area contributed by atoms with Crippen molar-refractivity contribution in [3.05, 3.63) is 75.5 Å². The molecule has 0 radical (unpaired) electrons.